The highest BCUT2D eigenvalue weighted by Crippen LogP contribution is 2.29. The van der Waals surface area contributed by atoms with Crippen LogP contribution in [-0.2, 0) is 0 Å². The second-order valence-corrected chi connectivity index (χ2v) is 5.26. The van der Waals surface area contributed by atoms with Crippen molar-refractivity contribution in [2.24, 2.45) is 0 Å². The normalized spacial score (nSPS) is 21.5. The van der Waals surface area contributed by atoms with Crippen molar-refractivity contribution >= 4 is 29.1 Å². The van der Waals surface area contributed by atoms with Crippen molar-refractivity contribution in [2.45, 2.75) is 31.3 Å². The number of hydrogen-bond acceptors (Lipinski definition) is 5. The number of hydrogen-bond donors (Lipinski definition) is 1. The number of thioether (sulfide) groups is 1. The minimum Gasteiger partial charge on any atom is -0.310 e. The molecule has 1 aromatic rings. The second-order valence-electron chi connectivity index (χ2n) is 3.47. The van der Waals surface area contributed by atoms with Crippen LogP contribution in [0.3, 0.4) is 0 Å². The summed E-state index contributed by atoms with van der Waals surface area (Å²) in [5.74, 6) is 1.05. The van der Waals surface area contributed by atoms with Crippen LogP contribution in [-0.4, -0.2) is 27.1 Å². The Morgan fingerprint density at radius 3 is 3.20 bits per heavy atom. The van der Waals surface area contributed by atoms with E-state index in [1.807, 2.05) is 0 Å². The predicted octanol–water partition coefficient (Wildman–Crippen LogP) is 2.42. The van der Waals surface area contributed by atoms with Crippen molar-refractivity contribution in [1.29, 1.82) is 0 Å². The Morgan fingerprint density at radius 2 is 2.47 bits per heavy atom. The van der Waals surface area contributed by atoms with Crippen molar-refractivity contribution < 1.29 is 0 Å². The Kier molecular flexibility index (Phi) is 3.77. The summed E-state index contributed by atoms with van der Waals surface area (Å²) < 4.78 is 8.75. The van der Waals surface area contributed by atoms with E-state index in [2.05, 4.69) is 34.0 Å². The van der Waals surface area contributed by atoms with E-state index >= 15 is 0 Å². The highest BCUT2D eigenvalue weighted by molar-refractivity contribution is 7.99. The van der Waals surface area contributed by atoms with Gasteiger partial charge >= 0.3 is 0 Å². The van der Waals surface area contributed by atoms with Gasteiger partial charge in [0.1, 0.15) is 10.7 Å². The average molecular weight is 241 g/mol. The summed E-state index contributed by atoms with van der Waals surface area (Å²) in [6.45, 7) is 5.40. The Hall–Kier alpha value is -0.390. The molecule has 1 aliphatic rings. The van der Waals surface area contributed by atoms with Crippen LogP contribution in [0, 0.1) is 0 Å². The number of nitrogens with one attached hydrogen (secondary N) is 1. The number of nitrogens with zero attached hydrogens (tertiary/aromatic N) is 2. The lowest BCUT2D eigenvalue weighted by Crippen LogP contribution is -2.31. The van der Waals surface area contributed by atoms with E-state index in [-0.39, 0.29) is 0 Å². The zero-order valence-corrected chi connectivity index (χ0v) is 10.6. The van der Waals surface area contributed by atoms with E-state index in [1.165, 1.54) is 17.3 Å². The molecule has 1 aliphatic heterocycles. The highest BCUT2D eigenvalue weighted by Gasteiger charge is 2.19. The van der Waals surface area contributed by atoms with Gasteiger partial charge in [0, 0.05) is 6.04 Å². The molecule has 0 aliphatic carbocycles. The van der Waals surface area contributed by atoms with Crippen molar-refractivity contribution in [3.05, 3.63) is 11.8 Å². The highest BCUT2D eigenvalue weighted by atomic mass is 32.2. The van der Waals surface area contributed by atoms with E-state index in [4.69, 9.17) is 0 Å². The maximum atomic E-state index is 4.41. The fraction of sp³-hybridized carbons (Fsp3) is 0.600. The van der Waals surface area contributed by atoms with Gasteiger partial charge in [-0.1, -0.05) is 13.0 Å². The van der Waals surface area contributed by atoms with E-state index < -0.39 is 0 Å². The number of rotatable bonds is 3. The van der Waals surface area contributed by atoms with Gasteiger partial charge in [-0.25, -0.2) is 0 Å². The summed E-state index contributed by atoms with van der Waals surface area (Å²) >= 11 is 3.08. The Balaban J connectivity index is 2.27. The van der Waals surface area contributed by atoms with Gasteiger partial charge in [0.15, 0.2) is 0 Å². The maximum Gasteiger partial charge on any atom is 0.138 e. The summed E-state index contributed by atoms with van der Waals surface area (Å²) in [5.41, 5.74) is 2.40. The van der Waals surface area contributed by atoms with Crippen molar-refractivity contribution in [3.63, 3.8) is 0 Å². The summed E-state index contributed by atoms with van der Waals surface area (Å²) in [6.07, 6.45) is 3.38. The quantitative estimate of drug-likeness (QED) is 0.825. The fourth-order valence-electron chi connectivity index (χ4n) is 1.70. The first-order chi connectivity index (χ1) is 7.33. The minimum absolute atomic E-state index is 0.402. The van der Waals surface area contributed by atoms with E-state index in [0.717, 1.165) is 29.4 Å². The molecule has 0 radical (unpaired) electrons. The SMILES string of the molecule is CCSc1nsnc1C1=CCCNC1C. The van der Waals surface area contributed by atoms with Gasteiger partial charge in [0.2, 0.25) is 0 Å². The van der Waals surface area contributed by atoms with E-state index in [1.54, 1.807) is 11.8 Å². The first-order valence-corrected chi connectivity index (χ1v) is 6.93. The Labute approximate surface area is 98.7 Å². The lowest BCUT2D eigenvalue weighted by Gasteiger charge is -2.21. The van der Waals surface area contributed by atoms with Gasteiger partial charge in [0.05, 0.1) is 11.7 Å². The smallest absolute Gasteiger partial charge is 0.138 e. The van der Waals surface area contributed by atoms with Gasteiger partial charge in [-0.3, -0.25) is 0 Å². The molecule has 0 spiro atoms. The Morgan fingerprint density at radius 1 is 1.60 bits per heavy atom. The zero-order valence-electron chi connectivity index (χ0n) is 8.99. The molecule has 1 N–H and O–H groups in total. The number of aromatic nitrogens is 2. The zero-order chi connectivity index (χ0) is 10.7. The van der Waals surface area contributed by atoms with Gasteiger partial charge in [-0.2, -0.15) is 8.75 Å². The summed E-state index contributed by atoms with van der Waals surface area (Å²) in [7, 11) is 0. The molecule has 1 unspecified atom stereocenters. The lowest BCUT2D eigenvalue weighted by atomic mass is 10.0. The molecule has 0 bridgehead atoms. The summed E-state index contributed by atoms with van der Waals surface area (Å²) in [5, 5.41) is 4.54. The third kappa shape index (κ3) is 2.41. The molecule has 1 atom stereocenters. The van der Waals surface area contributed by atoms with Crippen LogP contribution < -0.4 is 5.32 Å². The monoisotopic (exact) mass is 241 g/mol. The molecular formula is C10H15N3S2. The van der Waals surface area contributed by atoms with Gasteiger partial charge < -0.3 is 5.32 Å². The minimum atomic E-state index is 0.402. The molecule has 2 heterocycles. The van der Waals surface area contributed by atoms with Crippen molar-refractivity contribution in [2.75, 3.05) is 12.3 Å². The molecule has 5 heteroatoms. The topological polar surface area (TPSA) is 37.8 Å². The molecular weight excluding hydrogens is 226 g/mol. The summed E-state index contributed by atoms with van der Waals surface area (Å²) in [4.78, 5) is 0. The molecule has 2 rings (SSSR count). The summed E-state index contributed by atoms with van der Waals surface area (Å²) in [6, 6.07) is 0.402. The lowest BCUT2D eigenvalue weighted by molar-refractivity contribution is 0.625. The molecule has 1 aromatic heterocycles. The molecule has 0 aromatic carbocycles. The van der Waals surface area contributed by atoms with Crippen LogP contribution in [0.25, 0.3) is 5.57 Å². The third-order valence-corrected chi connectivity index (χ3v) is 3.93. The predicted molar refractivity (Wildman–Crippen MR) is 66.4 cm³/mol. The van der Waals surface area contributed by atoms with E-state index in [0.29, 0.717) is 6.04 Å². The van der Waals surface area contributed by atoms with Gasteiger partial charge in [0.25, 0.3) is 0 Å². The molecule has 0 saturated heterocycles. The van der Waals surface area contributed by atoms with Crippen LogP contribution in [0.1, 0.15) is 26.0 Å². The average Bonchev–Trinajstić information content (AvgIpc) is 2.67. The van der Waals surface area contributed by atoms with Crippen LogP contribution in [0.4, 0.5) is 0 Å². The molecule has 0 saturated carbocycles. The van der Waals surface area contributed by atoms with Crippen molar-refractivity contribution in [1.82, 2.24) is 14.1 Å². The van der Waals surface area contributed by atoms with Crippen LogP contribution >= 0.6 is 23.5 Å². The Bertz CT molecular complexity index is 359. The molecule has 15 heavy (non-hydrogen) atoms. The fourth-order valence-corrected chi connectivity index (χ4v) is 3.12. The standard InChI is InChI=1S/C10H15N3S2/c1-3-14-10-9(12-15-13-10)8-5-4-6-11-7(8)2/h5,7,11H,3-4,6H2,1-2H3. The molecule has 3 nitrogen and oxygen atoms in total. The van der Waals surface area contributed by atoms with Crippen LogP contribution in [0.2, 0.25) is 0 Å². The van der Waals surface area contributed by atoms with Gasteiger partial charge in [-0.05, 0) is 31.2 Å². The first-order valence-electron chi connectivity index (χ1n) is 5.22. The molecule has 82 valence electrons. The van der Waals surface area contributed by atoms with Gasteiger partial charge in [-0.15, -0.1) is 11.8 Å². The maximum absolute atomic E-state index is 4.41. The third-order valence-electron chi connectivity index (χ3n) is 2.44. The molecule has 0 amide bonds. The van der Waals surface area contributed by atoms with Crippen LogP contribution in [0.15, 0.2) is 11.1 Å². The van der Waals surface area contributed by atoms with Crippen molar-refractivity contribution in [3.8, 4) is 0 Å². The second kappa shape index (κ2) is 5.09. The first kappa shape index (κ1) is 11.1. The van der Waals surface area contributed by atoms with Crippen LogP contribution in [0.5, 0.6) is 0 Å². The molecule has 0 fully saturated rings. The largest absolute Gasteiger partial charge is 0.310 e. The van der Waals surface area contributed by atoms with E-state index in [9.17, 15) is 0 Å².